The van der Waals surface area contributed by atoms with Crippen molar-refractivity contribution in [3.8, 4) is 0 Å². The molecule has 6 nitrogen and oxygen atoms in total. The fraction of sp³-hybridized carbons (Fsp3) is 0.333. The number of benzene rings is 2. The molecule has 0 aliphatic carbocycles. The summed E-state index contributed by atoms with van der Waals surface area (Å²) < 4.78 is 1.74. The van der Waals surface area contributed by atoms with Crippen molar-refractivity contribution in [2.75, 3.05) is 30.4 Å². The van der Waals surface area contributed by atoms with Crippen molar-refractivity contribution >= 4 is 39.8 Å². The van der Waals surface area contributed by atoms with Gasteiger partial charge < -0.3 is 19.9 Å². The van der Waals surface area contributed by atoms with Gasteiger partial charge in [0.05, 0.1) is 17.7 Å². The lowest BCUT2D eigenvalue weighted by molar-refractivity contribution is 0.0993. The van der Waals surface area contributed by atoms with Crippen molar-refractivity contribution < 1.29 is 9.90 Å². The van der Waals surface area contributed by atoms with Gasteiger partial charge >= 0.3 is 0 Å². The summed E-state index contributed by atoms with van der Waals surface area (Å²) in [6.45, 7) is 6.88. The molecule has 7 heteroatoms. The number of fused-ring (bicyclic) bond motifs is 1. The van der Waals surface area contributed by atoms with Crippen LogP contribution < -0.4 is 15.8 Å². The maximum absolute atomic E-state index is 13.3. The summed E-state index contributed by atoms with van der Waals surface area (Å²) in [5, 5.41) is 13.6. The van der Waals surface area contributed by atoms with E-state index in [0.29, 0.717) is 29.4 Å². The predicted molar refractivity (Wildman–Crippen MR) is 128 cm³/mol. The maximum Gasteiger partial charge on any atom is 0.260 e. The lowest BCUT2D eigenvalue weighted by atomic mass is 9.98. The first-order valence-electron chi connectivity index (χ1n) is 10.4. The van der Waals surface area contributed by atoms with Gasteiger partial charge in [-0.15, -0.1) is 0 Å². The third-order valence-electron chi connectivity index (χ3n) is 5.40. The Hall–Kier alpha value is -2.83. The van der Waals surface area contributed by atoms with Gasteiger partial charge in [-0.05, 0) is 54.8 Å². The van der Waals surface area contributed by atoms with Crippen molar-refractivity contribution in [2.24, 2.45) is 0 Å². The van der Waals surface area contributed by atoms with Gasteiger partial charge in [0, 0.05) is 48.0 Å². The number of amides is 1. The van der Waals surface area contributed by atoms with Crippen LogP contribution in [0.25, 0.3) is 10.9 Å². The van der Waals surface area contributed by atoms with E-state index >= 15 is 0 Å². The molecule has 2 N–H and O–H groups in total. The monoisotopic (exact) mass is 441 g/mol. The number of halogens is 1. The van der Waals surface area contributed by atoms with Gasteiger partial charge in [0.1, 0.15) is 0 Å². The normalized spacial score (nSPS) is 11.2. The Morgan fingerprint density at radius 2 is 1.94 bits per heavy atom. The summed E-state index contributed by atoms with van der Waals surface area (Å²) in [6, 6.07) is 12.4. The first kappa shape index (κ1) is 22.8. The summed E-state index contributed by atoms with van der Waals surface area (Å²) in [5.41, 5.74) is 3.56. The van der Waals surface area contributed by atoms with E-state index in [9.17, 15) is 9.59 Å². The van der Waals surface area contributed by atoms with Gasteiger partial charge in [0.15, 0.2) is 0 Å². The zero-order chi connectivity index (χ0) is 22.7. The molecular weight excluding hydrogens is 414 g/mol. The van der Waals surface area contributed by atoms with E-state index in [0.717, 1.165) is 22.2 Å². The number of hydrogen-bond donors (Lipinski definition) is 2. The van der Waals surface area contributed by atoms with E-state index in [1.165, 1.54) is 0 Å². The molecule has 2 aromatic carbocycles. The summed E-state index contributed by atoms with van der Waals surface area (Å²) in [5.74, 6) is -0.0325. The van der Waals surface area contributed by atoms with Crippen molar-refractivity contribution in [1.29, 1.82) is 0 Å². The number of hydrogen-bond acceptors (Lipinski definition) is 4. The Morgan fingerprint density at radius 3 is 2.58 bits per heavy atom. The fourth-order valence-corrected chi connectivity index (χ4v) is 3.92. The lowest BCUT2D eigenvalue weighted by Gasteiger charge is -2.22. The molecule has 0 saturated heterocycles. The standard InChI is InChI=1S/C24H28ClN3O3/c1-5-28-22-9-7-17(13-20(22)19(15(2)3)14-23(28)30)27(4)24(31)18-8-6-16(25)12-21(18)26-10-11-29/h6-9,12-15,26,29H,5,10-11H2,1-4H3. The summed E-state index contributed by atoms with van der Waals surface area (Å²) in [7, 11) is 1.72. The van der Waals surface area contributed by atoms with E-state index in [1.807, 2.05) is 25.1 Å². The van der Waals surface area contributed by atoms with Crippen molar-refractivity contribution in [3.05, 3.63) is 69.0 Å². The number of aryl methyl sites for hydroxylation is 1. The second-order valence-corrected chi connectivity index (χ2v) is 8.18. The van der Waals surface area contributed by atoms with Crippen LogP contribution in [-0.4, -0.2) is 35.8 Å². The number of rotatable bonds is 7. The number of carbonyl (C=O) groups is 1. The number of carbonyl (C=O) groups excluding carboxylic acids is 1. The molecule has 0 spiro atoms. The Bertz CT molecular complexity index is 1170. The van der Waals surface area contributed by atoms with Crippen LogP contribution in [0.5, 0.6) is 0 Å². The molecule has 0 aliphatic heterocycles. The molecule has 3 aromatic rings. The highest BCUT2D eigenvalue weighted by molar-refractivity contribution is 6.31. The summed E-state index contributed by atoms with van der Waals surface area (Å²) in [4.78, 5) is 27.4. The molecular formula is C24H28ClN3O3. The number of nitrogens with zero attached hydrogens (tertiary/aromatic N) is 2. The quantitative estimate of drug-likeness (QED) is 0.567. The van der Waals surface area contributed by atoms with E-state index < -0.39 is 0 Å². The average molecular weight is 442 g/mol. The van der Waals surface area contributed by atoms with E-state index in [4.69, 9.17) is 16.7 Å². The minimum absolute atomic E-state index is 0.0170. The van der Waals surface area contributed by atoms with Gasteiger partial charge in [-0.2, -0.15) is 0 Å². The van der Waals surface area contributed by atoms with Gasteiger partial charge in [0.25, 0.3) is 11.5 Å². The molecule has 1 aromatic heterocycles. The Labute approximate surface area is 187 Å². The molecule has 0 bridgehead atoms. The highest BCUT2D eigenvalue weighted by atomic mass is 35.5. The van der Waals surface area contributed by atoms with E-state index in [-0.39, 0.29) is 24.0 Å². The van der Waals surface area contributed by atoms with Crippen LogP contribution >= 0.6 is 11.6 Å². The number of aromatic nitrogens is 1. The fourth-order valence-electron chi connectivity index (χ4n) is 3.75. The van der Waals surface area contributed by atoms with Crippen LogP contribution in [-0.2, 0) is 6.54 Å². The average Bonchev–Trinajstić information content (AvgIpc) is 2.75. The van der Waals surface area contributed by atoms with Gasteiger partial charge in [-0.25, -0.2) is 0 Å². The van der Waals surface area contributed by atoms with Crippen LogP contribution in [0, 0.1) is 0 Å². The minimum Gasteiger partial charge on any atom is -0.395 e. The number of aliphatic hydroxyl groups excluding tert-OH is 1. The lowest BCUT2D eigenvalue weighted by Crippen LogP contribution is -2.27. The van der Waals surface area contributed by atoms with Gasteiger partial charge in [-0.1, -0.05) is 25.4 Å². The Morgan fingerprint density at radius 1 is 1.19 bits per heavy atom. The number of aliphatic hydroxyl groups is 1. The highest BCUT2D eigenvalue weighted by Gasteiger charge is 2.19. The topological polar surface area (TPSA) is 74.6 Å². The largest absolute Gasteiger partial charge is 0.395 e. The Balaban J connectivity index is 2.08. The third-order valence-corrected chi connectivity index (χ3v) is 5.63. The molecule has 3 rings (SSSR count). The molecule has 0 unspecified atom stereocenters. The number of nitrogens with one attached hydrogen (secondary N) is 1. The SMILES string of the molecule is CCn1c(=O)cc(C(C)C)c2cc(N(C)C(=O)c3ccc(Cl)cc3NCCO)ccc21. The molecule has 1 amide bonds. The zero-order valence-electron chi connectivity index (χ0n) is 18.3. The van der Waals surface area contributed by atoms with Crippen LogP contribution in [0.2, 0.25) is 5.02 Å². The van der Waals surface area contributed by atoms with E-state index in [2.05, 4.69) is 19.2 Å². The van der Waals surface area contributed by atoms with Crippen LogP contribution in [0.15, 0.2) is 47.3 Å². The second-order valence-electron chi connectivity index (χ2n) is 7.74. The van der Waals surface area contributed by atoms with Crippen LogP contribution in [0.3, 0.4) is 0 Å². The zero-order valence-corrected chi connectivity index (χ0v) is 19.0. The summed E-state index contributed by atoms with van der Waals surface area (Å²) in [6.07, 6.45) is 0. The highest BCUT2D eigenvalue weighted by Crippen LogP contribution is 2.30. The van der Waals surface area contributed by atoms with E-state index in [1.54, 1.807) is 40.8 Å². The molecule has 164 valence electrons. The van der Waals surface area contributed by atoms with Crippen molar-refractivity contribution in [2.45, 2.75) is 33.2 Å². The molecule has 0 atom stereocenters. The molecule has 0 radical (unpaired) electrons. The summed E-state index contributed by atoms with van der Waals surface area (Å²) >= 11 is 6.10. The molecule has 0 aliphatic rings. The van der Waals surface area contributed by atoms with Crippen LogP contribution in [0.1, 0.15) is 42.6 Å². The van der Waals surface area contributed by atoms with Crippen molar-refractivity contribution in [1.82, 2.24) is 4.57 Å². The molecule has 31 heavy (non-hydrogen) atoms. The number of anilines is 2. The predicted octanol–water partition coefficient (Wildman–Crippen LogP) is 4.48. The maximum atomic E-state index is 13.3. The molecule has 1 heterocycles. The molecule has 0 fully saturated rings. The first-order chi connectivity index (χ1) is 14.8. The molecule has 0 saturated carbocycles. The van der Waals surface area contributed by atoms with Gasteiger partial charge in [0.2, 0.25) is 0 Å². The Kier molecular flexibility index (Phi) is 7.03. The van der Waals surface area contributed by atoms with Gasteiger partial charge in [-0.3, -0.25) is 9.59 Å². The number of pyridine rings is 1. The van der Waals surface area contributed by atoms with Crippen molar-refractivity contribution in [3.63, 3.8) is 0 Å². The minimum atomic E-state index is -0.202. The first-order valence-corrected chi connectivity index (χ1v) is 10.8. The smallest absolute Gasteiger partial charge is 0.260 e. The van der Waals surface area contributed by atoms with Crippen LogP contribution in [0.4, 0.5) is 11.4 Å². The second kappa shape index (κ2) is 9.54. The third kappa shape index (κ3) is 4.60.